The Morgan fingerprint density at radius 3 is 1.35 bits per heavy atom. The SMILES string of the molecule is CCCCCCCCCCCCCCCCCCCC(=O)OC(O)[C@@H](O)[C@@H](O)[C@H](O)[C@H](O)CO. The van der Waals surface area contributed by atoms with E-state index in [9.17, 15) is 30.3 Å². The van der Waals surface area contributed by atoms with Gasteiger partial charge in [-0.25, -0.2) is 0 Å². The molecule has 0 rings (SSSR count). The minimum Gasteiger partial charge on any atom is -0.433 e. The van der Waals surface area contributed by atoms with E-state index in [-0.39, 0.29) is 6.42 Å². The molecule has 0 aromatic rings. The number of hydrogen-bond acceptors (Lipinski definition) is 8. The summed E-state index contributed by atoms with van der Waals surface area (Å²) in [6, 6.07) is 0. The predicted molar refractivity (Wildman–Crippen MR) is 132 cm³/mol. The Kier molecular flexibility index (Phi) is 22.2. The van der Waals surface area contributed by atoms with Crippen LogP contribution >= 0.6 is 0 Å². The molecule has 0 heterocycles. The average Bonchev–Trinajstić information content (AvgIpc) is 2.83. The fraction of sp³-hybridized carbons (Fsp3) is 0.962. The van der Waals surface area contributed by atoms with Crippen LogP contribution in [0.25, 0.3) is 0 Å². The van der Waals surface area contributed by atoms with Gasteiger partial charge >= 0.3 is 5.97 Å². The molecular formula is C26H52O8. The summed E-state index contributed by atoms with van der Waals surface area (Å²) >= 11 is 0. The normalized spacial score (nSPS) is 16.1. The first-order valence-corrected chi connectivity index (χ1v) is 13.6. The molecule has 0 aliphatic rings. The van der Waals surface area contributed by atoms with Gasteiger partial charge in [0.05, 0.1) is 6.61 Å². The van der Waals surface area contributed by atoms with Crippen LogP contribution in [0.15, 0.2) is 0 Å². The van der Waals surface area contributed by atoms with Gasteiger partial charge in [-0.05, 0) is 6.42 Å². The quantitative estimate of drug-likeness (QED) is 0.0683. The second kappa shape index (κ2) is 22.7. The smallest absolute Gasteiger partial charge is 0.308 e. The number of rotatable bonds is 24. The third-order valence-electron chi connectivity index (χ3n) is 6.31. The Morgan fingerprint density at radius 1 is 0.588 bits per heavy atom. The molecule has 0 radical (unpaired) electrons. The monoisotopic (exact) mass is 492 g/mol. The van der Waals surface area contributed by atoms with Crippen molar-refractivity contribution >= 4 is 5.97 Å². The Morgan fingerprint density at radius 2 is 0.971 bits per heavy atom. The molecule has 0 fully saturated rings. The topological polar surface area (TPSA) is 148 Å². The second-order valence-electron chi connectivity index (χ2n) is 9.51. The van der Waals surface area contributed by atoms with Crippen LogP contribution in [0.3, 0.4) is 0 Å². The Balaban J connectivity index is 3.55. The second-order valence-corrected chi connectivity index (χ2v) is 9.51. The van der Waals surface area contributed by atoms with Crippen LogP contribution in [-0.4, -0.2) is 73.9 Å². The first kappa shape index (κ1) is 33.2. The lowest BCUT2D eigenvalue weighted by atomic mass is 10.0. The van der Waals surface area contributed by atoms with Crippen LogP contribution < -0.4 is 0 Å². The molecule has 0 aliphatic heterocycles. The largest absolute Gasteiger partial charge is 0.433 e. The molecule has 0 saturated carbocycles. The summed E-state index contributed by atoms with van der Waals surface area (Å²) in [6.45, 7) is 1.42. The number of carbonyl (C=O) groups is 1. The minimum absolute atomic E-state index is 0.0836. The van der Waals surface area contributed by atoms with Crippen LogP contribution in [0, 0.1) is 0 Å². The maximum atomic E-state index is 11.8. The van der Waals surface area contributed by atoms with Crippen molar-refractivity contribution in [2.75, 3.05) is 6.61 Å². The molecule has 6 N–H and O–H groups in total. The van der Waals surface area contributed by atoms with Gasteiger partial charge in [-0.2, -0.15) is 0 Å². The molecule has 0 amide bonds. The molecule has 0 bridgehead atoms. The minimum atomic E-state index is -2.03. The zero-order chi connectivity index (χ0) is 25.6. The molecule has 204 valence electrons. The van der Waals surface area contributed by atoms with E-state index in [1.165, 1.54) is 83.5 Å². The molecular weight excluding hydrogens is 440 g/mol. The van der Waals surface area contributed by atoms with E-state index in [4.69, 9.17) is 5.11 Å². The van der Waals surface area contributed by atoms with E-state index in [0.29, 0.717) is 6.42 Å². The maximum Gasteiger partial charge on any atom is 0.308 e. The Bertz CT molecular complexity index is 462. The van der Waals surface area contributed by atoms with E-state index >= 15 is 0 Å². The fourth-order valence-electron chi connectivity index (χ4n) is 3.96. The molecule has 0 aromatic carbocycles. The van der Waals surface area contributed by atoms with Gasteiger partial charge in [0.1, 0.15) is 24.4 Å². The summed E-state index contributed by atoms with van der Waals surface area (Å²) < 4.78 is 4.68. The van der Waals surface area contributed by atoms with E-state index in [2.05, 4.69) is 11.7 Å². The van der Waals surface area contributed by atoms with Crippen molar-refractivity contribution in [1.29, 1.82) is 0 Å². The first-order chi connectivity index (χ1) is 16.3. The van der Waals surface area contributed by atoms with Gasteiger partial charge < -0.3 is 35.4 Å². The van der Waals surface area contributed by atoms with Crippen molar-refractivity contribution in [3.63, 3.8) is 0 Å². The predicted octanol–water partition coefficient (Wildman–Crippen LogP) is 3.33. The third-order valence-corrected chi connectivity index (χ3v) is 6.31. The van der Waals surface area contributed by atoms with Crippen LogP contribution in [0.5, 0.6) is 0 Å². The van der Waals surface area contributed by atoms with Gasteiger partial charge in [-0.3, -0.25) is 4.79 Å². The summed E-state index contributed by atoms with van der Waals surface area (Å²) in [4.78, 5) is 11.8. The average molecular weight is 493 g/mol. The zero-order valence-electron chi connectivity index (χ0n) is 21.3. The van der Waals surface area contributed by atoms with Crippen LogP contribution in [-0.2, 0) is 9.53 Å². The lowest BCUT2D eigenvalue weighted by Crippen LogP contribution is -2.50. The number of aliphatic hydroxyl groups excluding tert-OH is 6. The highest BCUT2D eigenvalue weighted by Crippen LogP contribution is 2.15. The van der Waals surface area contributed by atoms with E-state index in [0.717, 1.165) is 19.3 Å². The fourth-order valence-corrected chi connectivity index (χ4v) is 3.96. The summed E-state index contributed by atoms with van der Waals surface area (Å²) in [5.74, 6) is -0.711. The van der Waals surface area contributed by atoms with Crippen LogP contribution in [0.2, 0.25) is 0 Å². The Hall–Kier alpha value is -0.770. The summed E-state index contributed by atoms with van der Waals surface area (Å²) in [5.41, 5.74) is 0. The first-order valence-electron chi connectivity index (χ1n) is 13.6. The zero-order valence-corrected chi connectivity index (χ0v) is 21.3. The lowest BCUT2D eigenvalue weighted by molar-refractivity contribution is -0.213. The van der Waals surface area contributed by atoms with E-state index < -0.39 is 43.3 Å². The van der Waals surface area contributed by atoms with Crippen molar-refractivity contribution < 1.29 is 40.2 Å². The van der Waals surface area contributed by atoms with Crippen molar-refractivity contribution in [2.45, 2.75) is 153 Å². The number of unbranched alkanes of at least 4 members (excludes halogenated alkanes) is 16. The van der Waals surface area contributed by atoms with Crippen molar-refractivity contribution in [3.8, 4) is 0 Å². The number of ether oxygens (including phenoxy) is 1. The van der Waals surface area contributed by atoms with Crippen LogP contribution in [0.1, 0.15) is 122 Å². The molecule has 0 aromatic heterocycles. The highest BCUT2D eigenvalue weighted by Gasteiger charge is 2.35. The molecule has 8 nitrogen and oxygen atoms in total. The van der Waals surface area contributed by atoms with Gasteiger partial charge in [0.25, 0.3) is 0 Å². The molecule has 34 heavy (non-hydrogen) atoms. The molecule has 5 atom stereocenters. The van der Waals surface area contributed by atoms with Gasteiger partial charge in [-0.1, -0.05) is 110 Å². The van der Waals surface area contributed by atoms with Crippen molar-refractivity contribution in [1.82, 2.24) is 0 Å². The third kappa shape index (κ3) is 17.6. The lowest BCUT2D eigenvalue weighted by Gasteiger charge is -2.28. The highest BCUT2D eigenvalue weighted by atomic mass is 16.6. The molecule has 8 heteroatoms. The number of carbonyl (C=O) groups excluding carboxylic acids is 1. The summed E-state index contributed by atoms with van der Waals surface area (Å²) in [6.07, 6.45) is 11.5. The van der Waals surface area contributed by atoms with Gasteiger partial charge in [0.2, 0.25) is 6.29 Å². The highest BCUT2D eigenvalue weighted by molar-refractivity contribution is 5.69. The Labute approximate surface area is 206 Å². The summed E-state index contributed by atoms with van der Waals surface area (Å²) in [5, 5.41) is 56.7. The number of hydrogen-bond donors (Lipinski definition) is 6. The van der Waals surface area contributed by atoms with Crippen molar-refractivity contribution in [2.24, 2.45) is 0 Å². The number of esters is 1. The molecule has 0 saturated heterocycles. The molecule has 0 spiro atoms. The van der Waals surface area contributed by atoms with Gasteiger partial charge in [-0.15, -0.1) is 0 Å². The maximum absolute atomic E-state index is 11.8. The standard InChI is InChI=1S/C26H52O8/c1-2-3-4-5-6-7-8-9-10-11-12-13-14-15-16-17-18-19-22(29)34-26(33)25(32)24(31)23(30)21(28)20-27/h21,23-28,30-33H,2-20H2,1H3/t21-,23-,24+,25+,26?/m1/s1. The van der Waals surface area contributed by atoms with E-state index in [1.54, 1.807) is 0 Å². The molecule has 0 aliphatic carbocycles. The van der Waals surface area contributed by atoms with Crippen LogP contribution in [0.4, 0.5) is 0 Å². The summed E-state index contributed by atoms with van der Waals surface area (Å²) in [7, 11) is 0. The van der Waals surface area contributed by atoms with Gasteiger partial charge in [0, 0.05) is 6.42 Å². The molecule has 1 unspecified atom stereocenters. The number of aliphatic hydroxyl groups is 6. The van der Waals surface area contributed by atoms with E-state index in [1.807, 2.05) is 0 Å². The van der Waals surface area contributed by atoms with Crippen molar-refractivity contribution in [3.05, 3.63) is 0 Å². The van der Waals surface area contributed by atoms with Gasteiger partial charge in [0.15, 0.2) is 0 Å².